The van der Waals surface area contributed by atoms with Crippen molar-refractivity contribution in [2.75, 3.05) is 0 Å². The van der Waals surface area contributed by atoms with Gasteiger partial charge in [0, 0.05) is 35.7 Å². The summed E-state index contributed by atoms with van der Waals surface area (Å²) in [6, 6.07) is 8.57. The summed E-state index contributed by atoms with van der Waals surface area (Å²) >= 11 is 0. The Labute approximate surface area is 177 Å². The molecule has 2 heterocycles. The van der Waals surface area contributed by atoms with Crippen molar-refractivity contribution in [3.63, 3.8) is 0 Å². The molecule has 0 aliphatic heterocycles. The lowest BCUT2D eigenvalue weighted by Crippen LogP contribution is -2.28. The molecule has 3 rings (SSSR count). The highest BCUT2D eigenvalue weighted by Crippen LogP contribution is 2.29. The van der Waals surface area contributed by atoms with Crippen LogP contribution in [0.15, 0.2) is 41.2 Å². The van der Waals surface area contributed by atoms with Gasteiger partial charge in [-0.15, -0.1) is 0 Å². The zero-order chi connectivity index (χ0) is 22.9. The van der Waals surface area contributed by atoms with Gasteiger partial charge in [0.15, 0.2) is 0 Å². The SMILES string of the molecule is Cc1cc(C)c(CNC(=O)c2cc(C)n(Cc3ccc(C(F)(F)F)cc3)c2C)c(=O)[nH]1. The molecule has 0 radical (unpaired) electrons. The monoisotopic (exact) mass is 431 g/mol. The first-order chi connectivity index (χ1) is 14.5. The first kappa shape index (κ1) is 22.4. The molecule has 0 atom stereocenters. The third-order valence-corrected chi connectivity index (χ3v) is 5.36. The van der Waals surface area contributed by atoms with Gasteiger partial charge in [0.1, 0.15) is 0 Å². The molecule has 0 saturated carbocycles. The number of carbonyl (C=O) groups excluding carboxylic acids is 1. The minimum Gasteiger partial charge on any atom is -0.348 e. The lowest BCUT2D eigenvalue weighted by Gasteiger charge is -2.12. The Morgan fingerprint density at radius 1 is 1.06 bits per heavy atom. The first-order valence-electron chi connectivity index (χ1n) is 9.78. The molecule has 31 heavy (non-hydrogen) atoms. The van der Waals surface area contributed by atoms with Crippen LogP contribution >= 0.6 is 0 Å². The van der Waals surface area contributed by atoms with Crippen LogP contribution in [0, 0.1) is 27.7 Å². The number of nitrogens with one attached hydrogen (secondary N) is 2. The predicted octanol–water partition coefficient (Wildman–Crippen LogP) is 4.41. The average molecular weight is 431 g/mol. The van der Waals surface area contributed by atoms with E-state index in [9.17, 15) is 22.8 Å². The number of H-pyrrole nitrogens is 1. The summed E-state index contributed by atoms with van der Waals surface area (Å²) in [5, 5.41) is 2.79. The minimum atomic E-state index is -4.37. The number of hydrogen-bond donors (Lipinski definition) is 2. The molecule has 0 fully saturated rings. The Morgan fingerprint density at radius 2 is 1.71 bits per heavy atom. The third-order valence-electron chi connectivity index (χ3n) is 5.36. The van der Waals surface area contributed by atoms with Crippen molar-refractivity contribution in [2.45, 2.75) is 47.0 Å². The second-order valence-electron chi connectivity index (χ2n) is 7.69. The van der Waals surface area contributed by atoms with E-state index in [0.29, 0.717) is 28.9 Å². The molecule has 0 aliphatic rings. The van der Waals surface area contributed by atoms with Crippen molar-refractivity contribution in [2.24, 2.45) is 0 Å². The van der Waals surface area contributed by atoms with Crippen LogP contribution in [0.5, 0.6) is 0 Å². The molecule has 0 bridgehead atoms. The fourth-order valence-corrected chi connectivity index (χ4v) is 3.62. The molecule has 2 N–H and O–H groups in total. The van der Waals surface area contributed by atoms with Crippen LogP contribution in [0.3, 0.4) is 0 Å². The molecule has 0 aliphatic carbocycles. The van der Waals surface area contributed by atoms with Gasteiger partial charge in [0.25, 0.3) is 11.5 Å². The highest BCUT2D eigenvalue weighted by atomic mass is 19.4. The van der Waals surface area contributed by atoms with Crippen molar-refractivity contribution >= 4 is 5.91 Å². The van der Waals surface area contributed by atoms with Gasteiger partial charge in [-0.25, -0.2) is 0 Å². The van der Waals surface area contributed by atoms with E-state index in [1.165, 1.54) is 12.1 Å². The van der Waals surface area contributed by atoms with Crippen molar-refractivity contribution < 1.29 is 18.0 Å². The second-order valence-corrected chi connectivity index (χ2v) is 7.69. The van der Waals surface area contributed by atoms with E-state index < -0.39 is 11.7 Å². The number of nitrogens with zero attached hydrogens (tertiary/aromatic N) is 1. The molecule has 2 aromatic heterocycles. The summed E-state index contributed by atoms with van der Waals surface area (Å²) < 4.78 is 40.2. The van der Waals surface area contributed by atoms with E-state index in [-0.39, 0.29) is 18.0 Å². The van der Waals surface area contributed by atoms with Crippen LogP contribution < -0.4 is 10.9 Å². The lowest BCUT2D eigenvalue weighted by molar-refractivity contribution is -0.137. The van der Waals surface area contributed by atoms with E-state index in [0.717, 1.165) is 29.1 Å². The number of aryl methyl sites for hydroxylation is 3. The number of hydrogen-bond acceptors (Lipinski definition) is 2. The topological polar surface area (TPSA) is 66.9 Å². The Hall–Kier alpha value is -3.29. The molecule has 164 valence electrons. The van der Waals surface area contributed by atoms with Gasteiger partial charge in [0.05, 0.1) is 11.1 Å². The summed E-state index contributed by atoms with van der Waals surface area (Å²) in [6.07, 6.45) is -4.37. The normalized spacial score (nSPS) is 11.6. The number of halogens is 3. The number of aromatic amines is 1. The molecule has 3 aromatic rings. The summed E-state index contributed by atoms with van der Waals surface area (Å²) in [5.74, 6) is -0.314. The van der Waals surface area contributed by atoms with Crippen LogP contribution in [0.1, 0.15) is 49.7 Å². The Bertz CT molecular complexity index is 1170. The van der Waals surface area contributed by atoms with Gasteiger partial charge in [-0.2, -0.15) is 13.2 Å². The van der Waals surface area contributed by atoms with Crippen LogP contribution in [-0.2, 0) is 19.3 Å². The average Bonchev–Trinajstić information content (AvgIpc) is 2.95. The fourth-order valence-electron chi connectivity index (χ4n) is 3.62. The molecular weight excluding hydrogens is 407 g/mol. The summed E-state index contributed by atoms with van der Waals surface area (Å²) in [6.45, 7) is 7.68. The highest BCUT2D eigenvalue weighted by molar-refractivity contribution is 5.95. The van der Waals surface area contributed by atoms with Gasteiger partial charge in [-0.1, -0.05) is 12.1 Å². The number of carbonyl (C=O) groups is 1. The molecule has 0 spiro atoms. The summed E-state index contributed by atoms with van der Waals surface area (Å²) in [7, 11) is 0. The first-order valence-corrected chi connectivity index (χ1v) is 9.78. The van der Waals surface area contributed by atoms with E-state index in [4.69, 9.17) is 0 Å². The van der Waals surface area contributed by atoms with Gasteiger partial charge in [-0.05, 0) is 63.1 Å². The zero-order valence-corrected chi connectivity index (χ0v) is 17.8. The highest BCUT2D eigenvalue weighted by Gasteiger charge is 2.30. The van der Waals surface area contributed by atoms with Crippen molar-refractivity contribution in [1.82, 2.24) is 14.9 Å². The quantitative estimate of drug-likeness (QED) is 0.629. The largest absolute Gasteiger partial charge is 0.416 e. The number of rotatable bonds is 5. The molecule has 8 heteroatoms. The number of aromatic nitrogens is 2. The van der Waals surface area contributed by atoms with Crippen LogP contribution in [0.4, 0.5) is 13.2 Å². The van der Waals surface area contributed by atoms with E-state index in [2.05, 4.69) is 10.3 Å². The lowest BCUT2D eigenvalue weighted by atomic mass is 10.1. The van der Waals surface area contributed by atoms with Gasteiger partial charge >= 0.3 is 6.18 Å². The predicted molar refractivity (Wildman–Crippen MR) is 112 cm³/mol. The van der Waals surface area contributed by atoms with Crippen LogP contribution in [-0.4, -0.2) is 15.5 Å². The molecule has 0 unspecified atom stereocenters. The van der Waals surface area contributed by atoms with E-state index in [1.807, 2.05) is 24.5 Å². The maximum atomic E-state index is 12.8. The van der Waals surface area contributed by atoms with Gasteiger partial charge < -0.3 is 14.9 Å². The van der Waals surface area contributed by atoms with Crippen LogP contribution in [0.2, 0.25) is 0 Å². The van der Waals surface area contributed by atoms with Crippen molar-refractivity contribution in [3.8, 4) is 0 Å². The molecule has 1 aromatic carbocycles. The van der Waals surface area contributed by atoms with Crippen molar-refractivity contribution in [1.29, 1.82) is 0 Å². The minimum absolute atomic E-state index is 0.100. The number of pyridine rings is 1. The third kappa shape index (κ3) is 4.90. The number of benzene rings is 1. The van der Waals surface area contributed by atoms with Gasteiger partial charge in [0.2, 0.25) is 0 Å². The number of amides is 1. The summed E-state index contributed by atoms with van der Waals surface area (Å²) in [5.41, 5.74) is 3.80. The molecular formula is C23H24F3N3O2. The fraction of sp³-hybridized carbons (Fsp3) is 0.304. The van der Waals surface area contributed by atoms with Gasteiger partial charge in [-0.3, -0.25) is 9.59 Å². The maximum Gasteiger partial charge on any atom is 0.416 e. The van der Waals surface area contributed by atoms with E-state index >= 15 is 0 Å². The molecule has 0 saturated heterocycles. The Kier molecular flexibility index (Phi) is 6.10. The van der Waals surface area contributed by atoms with Crippen molar-refractivity contribution in [3.05, 3.63) is 91.7 Å². The number of alkyl halides is 3. The molecule has 5 nitrogen and oxygen atoms in total. The van der Waals surface area contributed by atoms with Crippen LogP contribution in [0.25, 0.3) is 0 Å². The molecule has 1 amide bonds. The smallest absolute Gasteiger partial charge is 0.348 e. The maximum absolute atomic E-state index is 12.8. The Balaban J connectivity index is 1.76. The zero-order valence-electron chi connectivity index (χ0n) is 17.8. The van der Waals surface area contributed by atoms with E-state index in [1.54, 1.807) is 19.9 Å². The second kappa shape index (κ2) is 8.45. The Morgan fingerprint density at radius 3 is 2.29 bits per heavy atom. The standard InChI is InChI=1S/C23H24F3N3O2/c1-13-9-14(2)28-22(31)20(13)11-27-21(30)19-10-15(3)29(16(19)4)12-17-5-7-18(8-6-17)23(24,25)26/h5-10H,11-12H2,1-4H3,(H,27,30)(H,28,31). The summed E-state index contributed by atoms with van der Waals surface area (Å²) in [4.78, 5) is 27.6.